The molecule has 0 bridgehead atoms. The van der Waals surface area contributed by atoms with Crippen molar-refractivity contribution >= 4 is 29.2 Å². The van der Waals surface area contributed by atoms with Gasteiger partial charge in [0.25, 0.3) is 5.91 Å². The molecule has 0 N–H and O–H groups in total. The van der Waals surface area contributed by atoms with Gasteiger partial charge in [-0.1, -0.05) is 12.5 Å². The first-order valence-electron chi connectivity index (χ1n) is 5.99. The molecule has 0 unspecified atom stereocenters. The summed E-state index contributed by atoms with van der Waals surface area (Å²) in [6.45, 7) is 0.833. The molecular formula is C13H14N2OS. The number of carbonyl (C=O) groups is 1. The first-order chi connectivity index (χ1) is 8.34. The van der Waals surface area contributed by atoms with Crippen LogP contribution in [0.4, 0.5) is 0 Å². The minimum Gasteiger partial charge on any atom is -0.295 e. The third-order valence-electron chi connectivity index (χ3n) is 3.13. The molecule has 1 aromatic rings. The molecule has 4 heteroatoms. The van der Waals surface area contributed by atoms with Gasteiger partial charge in [-0.05, 0) is 30.4 Å². The van der Waals surface area contributed by atoms with E-state index in [4.69, 9.17) is 0 Å². The van der Waals surface area contributed by atoms with E-state index in [2.05, 4.69) is 4.99 Å². The maximum Gasteiger partial charge on any atom is 0.277 e. The van der Waals surface area contributed by atoms with Crippen LogP contribution in [0.15, 0.2) is 28.2 Å². The Hall–Kier alpha value is -1.42. The molecule has 1 aromatic heterocycles. The second-order valence-electron chi connectivity index (χ2n) is 4.34. The lowest BCUT2D eigenvalue weighted by molar-refractivity contribution is -0.122. The molecule has 2 aliphatic rings. The number of hydrogen-bond donors (Lipinski definition) is 0. The lowest BCUT2D eigenvalue weighted by Crippen LogP contribution is -2.31. The standard InChI is InChI=1S/C13H14N2OS/c16-13-11(9-10-5-4-8-17-10)14-12-6-2-1-3-7-15(12)13/h4-5,8-9H,1-3,6-7H2. The zero-order chi connectivity index (χ0) is 11.7. The molecule has 0 aromatic carbocycles. The second kappa shape index (κ2) is 4.45. The van der Waals surface area contributed by atoms with Gasteiger partial charge in [0.15, 0.2) is 0 Å². The van der Waals surface area contributed by atoms with Crippen molar-refractivity contribution in [3.8, 4) is 0 Å². The molecule has 0 atom stereocenters. The monoisotopic (exact) mass is 246 g/mol. The van der Waals surface area contributed by atoms with Crippen LogP contribution in [0.2, 0.25) is 0 Å². The number of rotatable bonds is 1. The SMILES string of the molecule is O=C1C(=Cc2cccs2)N=C2CCCCCN12. The van der Waals surface area contributed by atoms with E-state index in [0.717, 1.165) is 36.5 Å². The highest BCUT2D eigenvalue weighted by Crippen LogP contribution is 2.24. The molecule has 1 fully saturated rings. The van der Waals surface area contributed by atoms with E-state index >= 15 is 0 Å². The zero-order valence-corrected chi connectivity index (χ0v) is 10.4. The summed E-state index contributed by atoms with van der Waals surface area (Å²) in [5, 5.41) is 2.01. The molecule has 1 saturated heterocycles. The molecule has 3 heterocycles. The van der Waals surface area contributed by atoms with Crippen LogP contribution < -0.4 is 0 Å². The minimum atomic E-state index is 0.0790. The number of hydrogen-bond acceptors (Lipinski definition) is 3. The van der Waals surface area contributed by atoms with Crippen molar-refractivity contribution in [2.45, 2.75) is 25.7 Å². The summed E-state index contributed by atoms with van der Waals surface area (Å²) >= 11 is 1.63. The van der Waals surface area contributed by atoms with Crippen LogP contribution in [0.25, 0.3) is 6.08 Å². The number of amides is 1. The Morgan fingerprint density at radius 1 is 1.35 bits per heavy atom. The largest absolute Gasteiger partial charge is 0.295 e. The number of fused-ring (bicyclic) bond motifs is 1. The van der Waals surface area contributed by atoms with Crippen molar-refractivity contribution in [3.63, 3.8) is 0 Å². The third-order valence-corrected chi connectivity index (χ3v) is 3.95. The van der Waals surface area contributed by atoms with Gasteiger partial charge in [0.1, 0.15) is 11.5 Å². The van der Waals surface area contributed by atoms with Crippen molar-refractivity contribution in [1.82, 2.24) is 4.90 Å². The van der Waals surface area contributed by atoms with E-state index in [1.54, 1.807) is 11.3 Å². The fraction of sp³-hybridized carbons (Fsp3) is 0.385. The van der Waals surface area contributed by atoms with E-state index < -0.39 is 0 Å². The predicted molar refractivity (Wildman–Crippen MR) is 69.9 cm³/mol. The van der Waals surface area contributed by atoms with Crippen LogP contribution in [0.3, 0.4) is 0 Å². The normalized spacial score (nSPS) is 22.6. The number of nitrogens with zero attached hydrogens (tertiary/aromatic N) is 2. The van der Waals surface area contributed by atoms with Crippen molar-refractivity contribution in [1.29, 1.82) is 0 Å². The molecular weight excluding hydrogens is 232 g/mol. The second-order valence-corrected chi connectivity index (χ2v) is 5.32. The van der Waals surface area contributed by atoms with Gasteiger partial charge < -0.3 is 0 Å². The highest BCUT2D eigenvalue weighted by molar-refractivity contribution is 7.10. The Labute approximate surface area is 104 Å². The van der Waals surface area contributed by atoms with Gasteiger partial charge in [-0.2, -0.15) is 0 Å². The molecule has 2 aliphatic heterocycles. The van der Waals surface area contributed by atoms with Crippen molar-refractivity contribution < 1.29 is 4.79 Å². The highest BCUT2D eigenvalue weighted by atomic mass is 32.1. The molecule has 17 heavy (non-hydrogen) atoms. The van der Waals surface area contributed by atoms with E-state index in [0.29, 0.717) is 5.70 Å². The first kappa shape index (κ1) is 10.7. The maximum absolute atomic E-state index is 12.2. The Kier molecular flexibility index (Phi) is 2.81. The maximum atomic E-state index is 12.2. The highest BCUT2D eigenvalue weighted by Gasteiger charge is 2.30. The molecule has 0 aliphatic carbocycles. The van der Waals surface area contributed by atoms with Gasteiger partial charge in [0.05, 0.1) is 0 Å². The number of thiophene rings is 1. The van der Waals surface area contributed by atoms with Crippen LogP contribution in [0.1, 0.15) is 30.6 Å². The van der Waals surface area contributed by atoms with E-state index in [-0.39, 0.29) is 5.91 Å². The van der Waals surface area contributed by atoms with Gasteiger partial charge in [-0.15, -0.1) is 11.3 Å². The third kappa shape index (κ3) is 2.05. The zero-order valence-electron chi connectivity index (χ0n) is 9.56. The molecule has 3 rings (SSSR count). The average molecular weight is 246 g/mol. The minimum absolute atomic E-state index is 0.0790. The van der Waals surface area contributed by atoms with Gasteiger partial charge in [0.2, 0.25) is 0 Å². The van der Waals surface area contributed by atoms with Crippen LogP contribution in [0.5, 0.6) is 0 Å². The van der Waals surface area contributed by atoms with E-state index in [9.17, 15) is 4.79 Å². The Morgan fingerprint density at radius 3 is 3.12 bits per heavy atom. The fourth-order valence-electron chi connectivity index (χ4n) is 2.26. The molecule has 0 radical (unpaired) electrons. The number of carbonyl (C=O) groups excluding carboxylic acids is 1. The molecule has 0 saturated carbocycles. The molecule has 3 nitrogen and oxygen atoms in total. The van der Waals surface area contributed by atoms with Crippen molar-refractivity contribution in [2.75, 3.05) is 6.54 Å². The summed E-state index contributed by atoms with van der Waals surface area (Å²) in [6.07, 6.45) is 6.28. The topological polar surface area (TPSA) is 32.7 Å². The van der Waals surface area contributed by atoms with Gasteiger partial charge in [-0.3, -0.25) is 9.69 Å². The summed E-state index contributed by atoms with van der Waals surface area (Å²) in [6, 6.07) is 4.00. The van der Waals surface area contributed by atoms with Gasteiger partial charge in [0, 0.05) is 17.8 Å². The summed E-state index contributed by atoms with van der Waals surface area (Å²) in [7, 11) is 0. The van der Waals surface area contributed by atoms with Crippen LogP contribution in [-0.4, -0.2) is 23.2 Å². The van der Waals surface area contributed by atoms with Crippen LogP contribution >= 0.6 is 11.3 Å². The summed E-state index contributed by atoms with van der Waals surface area (Å²) in [5.74, 6) is 1.05. The summed E-state index contributed by atoms with van der Waals surface area (Å²) < 4.78 is 0. The lowest BCUT2D eigenvalue weighted by atomic mass is 10.2. The average Bonchev–Trinajstić information content (AvgIpc) is 2.85. The number of amidine groups is 1. The summed E-state index contributed by atoms with van der Waals surface area (Å²) in [4.78, 5) is 19.6. The Bertz CT molecular complexity index is 488. The van der Waals surface area contributed by atoms with Gasteiger partial charge >= 0.3 is 0 Å². The van der Waals surface area contributed by atoms with Crippen LogP contribution in [-0.2, 0) is 4.79 Å². The number of aliphatic imine (C=N–C) groups is 1. The Morgan fingerprint density at radius 2 is 2.29 bits per heavy atom. The Balaban J connectivity index is 1.91. The quantitative estimate of drug-likeness (QED) is 0.701. The van der Waals surface area contributed by atoms with Crippen molar-refractivity contribution in [2.24, 2.45) is 4.99 Å². The first-order valence-corrected chi connectivity index (χ1v) is 6.87. The van der Waals surface area contributed by atoms with E-state index in [1.807, 2.05) is 28.5 Å². The molecule has 0 spiro atoms. The van der Waals surface area contributed by atoms with Gasteiger partial charge in [-0.25, -0.2) is 4.99 Å². The fourth-order valence-corrected chi connectivity index (χ4v) is 2.91. The van der Waals surface area contributed by atoms with E-state index in [1.165, 1.54) is 6.42 Å². The molecule has 88 valence electrons. The van der Waals surface area contributed by atoms with Crippen LogP contribution in [0, 0.1) is 0 Å². The summed E-state index contributed by atoms with van der Waals surface area (Å²) in [5.41, 5.74) is 0.601. The molecule has 1 amide bonds. The lowest BCUT2D eigenvalue weighted by Gasteiger charge is -2.13. The smallest absolute Gasteiger partial charge is 0.277 e. The van der Waals surface area contributed by atoms with Crippen molar-refractivity contribution in [3.05, 3.63) is 28.1 Å². The predicted octanol–water partition coefficient (Wildman–Crippen LogP) is 2.90.